The van der Waals surface area contributed by atoms with Gasteiger partial charge in [0.15, 0.2) is 0 Å². The molecular weight excluding hydrogens is 222 g/mol. The summed E-state index contributed by atoms with van der Waals surface area (Å²) in [7, 11) is 0. The van der Waals surface area contributed by atoms with Crippen molar-refractivity contribution in [1.82, 2.24) is 9.97 Å². The predicted octanol–water partition coefficient (Wildman–Crippen LogP) is 2.71. The van der Waals surface area contributed by atoms with Gasteiger partial charge in [-0.15, -0.1) is 11.3 Å². The van der Waals surface area contributed by atoms with E-state index < -0.39 is 0 Å². The zero-order valence-electron chi connectivity index (χ0n) is 9.01. The lowest BCUT2D eigenvalue weighted by molar-refractivity contribution is 0.319. The highest BCUT2D eigenvalue weighted by atomic mass is 32.1. The number of rotatable bonds is 2. The van der Waals surface area contributed by atoms with Crippen molar-refractivity contribution in [2.45, 2.75) is 13.8 Å². The Kier molecular flexibility index (Phi) is 2.96. The molecule has 2 aromatic heterocycles. The quantitative estimate of drug-likeness (QED) is 0.493. The molecule has 0 saturated heterocycles. The Labute approximate surface area is 97.3 Å². The molecule has 0 saturated carbocycles. The van der Waals surface area contributed by atoms with Crippen LogP contribution >= 0.6 is 11.3 Å². The Bertz CT molecular complexity index is 519. The molecule has 82 valence electrons. The fourth-order valence-electron chi connectivity index (χ4n) is 1.39. The van der Waals surface area contributed by atoms with Gasteiger partial charge in [0.1, 0.15) is 5.01 Å². The van der Waals surface area contributed by atoms with E-state index in [-0.39, 0.29) is 0 Å². The van der Waals surface area contributed by atoms with Crippen molar-refractivity contribution < 1.29 is 5.21 Å². The maximum absolute atomic E-state index is 8.75. The molecule has 16 heavy (non-hydrogen) atoms. The SMILES string of the molecule is C/C(=N\O)c1sc(-c2cccnc2)nc1C. The zero-order valence-corrected chi connectivity index (χ0v) is 9.82. The van der Waals surface area contributed by atoms with Crippen LogP contribution in [0.3, 0.4) is 0 Å². The molecule has 0 aliphatic carbocycles. The number of hydrogen-bond acceptors (Lipinski definition) is 5. The second kappa shape index (κ2) is 4.40. The van der Waals surface area contributed by atoms with Gasteiger partial charge in [0.25, 0.3) is 0 Å². The molecule has 0 aromatic carbocycles. The molecule has 2 aromatic rings. The van der Waals surface area contributed by atoms with E-state index in [1.807, 2.05) is 19.1 Å². The van der Waals surface area contributed by atoms with Crippen molar-refractivity contribution in [3.8, 4) is 10.6 Å². The van der Waals surface area contributed by atoms with E-state index >= 15 is 0 Å². The fourth-order valence-corrected chi connectivity index (χ4v) is 2.39. The molecule has 0 atom stereocenters. The second-order valence-corrected chi connectivity index (χ2v) is 4.36. The van der Waals surface area contributed by atoms with E-state index in [0.717, 1.165) is 21.1 Å². The minimum atomic E-state index is 0.588. The fraction of sp³-hybridized carbons (Fsp3) is 0.182. The van der Waals surface area contributed by atoms with Crippen LogP contribution in [0.4, 0.5) is 0 Å². The summed E-state index contributed by atoms with van der Waals surface area (Å²) >= 11 is 1.50. The molecule has 0 radical (unpaired) electrons. The first-order valence-electron chi connectivity index (χ1n) is 4.79. The highest BCUT2D eigenvalue weighted by Gasteiger charge is 2.11. The average Bonchev–Trinajstić information content (AvgIpc) is 2.71. The summed E-state index contributed by atoms with van der Waals surface area (Å²) in [6.45, 7) is 3.66. The standard InChI is InChI=1S/C11H11N3OS/c1-7-10(8(2)14-15)16-11(13-7)9-4-3-5-12-6-9/h3-6,15H,1-2H3/b14-8+. The maximum atomic E-state index is 8.75. The number of thiazole rings is 1. The van der Waals surface area contributed by atoms with Gasteiger partial charge in [-0.25, -0.2) is 4.98 Å². The number of nitrogens with zero attached hydrogens (tertiary/aromatic N) is 3. The van der Waals surface area contributed by atoms with Gasteiger partial charge in [-0.3, -0.25) is 4.98 Å². The lowest BCUT2D eigenvalue weighted by Gasteiger charge is -1.92. The minimum absolute atomic E-state index is 0.588. The molecule has 0 unspecified atom stereocenters. The van der Waals surface area contributed by atoms with Crippen LogP contribution in [0.5, 0.6) is 0 Å². The topological polar surface area (TPSA) is 58.4 Å². The molecule has 4 nitrogen and oxygen atoms in total. The molecular formula is C11H11N3OS. The molecule has 0 fully saturated rings. The van der Waals surface area contributed by atoms with Crippen molar-refractivity contribution in [2.24, 2.45) is 5.16 Å². The molecule has 0 aliphatic heterocycles. The Hall–Kier alpha value is -1.75. The molecule has 1 N–H and O–H groups in total. The molecule has 0 aliphatic rings. The molecule has 0 spiro atoms. The summed E-state index contributed by atoms with van der Waals surface area (Å²) in [6, 6.07) is 3.83. The Balaban J connectivity index is 2.46. The lowest BCUT2D eigenvalue weighted by Crippen LogP contribution is -1.92. The third-order valence-electron chi connectivity index (χ3n) is 2.18. The Morgan fingerprint density at radius 3 is 2.94 bits per heavy atom. The van der Waals surface area contributed by atoms with Crippen LogP contribution in [0.2, 0.25) is 0 Å². The van der Waals surface area contributed by atoms with Crippen LogP contribution in [-0.4, -0.2) is 20.9 Å². The Morgan fingerprint density at radius 2 is 2.31 bits per heavy atom. The van der Waals surface area contributed by atoms with Crippen LogP contribution in [0.15, 0.2) is 29.7 Å². The monoisotopic (exact) mass is 233 g/mol. The van der Waals surface area contributed by atoms with Gasteiger partial charge in [0, 0.05) is 18.0 Å². The van der Waals surface area contributed by atoms with E-state index in [4.69, 9.17) is 5.21 Å². The maximum Gasteiger partial charge on any atom is 0.125 e. The smallest absolute Gasteiger partial charge is 0.125 e. The molecule has 5 heteroatoms. The van der Waals surface area contributed by atoms with Gasteiger partial charge in [0.05, 0.1) is 16.3 Å². The van der Waals surface area contributed by atoms with E-state index in [9.17, 15) is 0 Å². The molecule has 2 rings (SSSR count). The van der Waals surface area contributed by atoms with Crippen LogP contribution < -0.4 is 0 Å². The molecule has 2 heterocycles. The van der Waals surface area contributed by atoms with Crippen LogP contribution in [0.1, 0.15) is 17.5 Å². The predicted molar refractivity (Wildman–Crippen MR) is 64.1 cm³/mol. The second-order valence-electron chi connectivity index (χ2n) is 3.36. The van der Waals surface area contributed by atoms with Crippen molar-refractivity contribution in [3.63, 3.8) is 0 Å². The largest absolute Gasteiger partial charge is 0.411 e. The van der Waals surface area contributed by atoms with Crippen molar-refractivity contribution in [2.75, 3.05) is 0 Å². The van der Waals surface area contributed by atoms with Crippen molar-refractivity contribution in [1.29, 1.82) is 0 Å². The summed E-state index contributed by atoms with van der Waals surface area (Å²) in [5.74, 6) is 0. The van der Waals surface area contributed by atoms with Crippen LogP contribution in [-0.2, 0) is 0 Å². The summed E-state index contributed by atoms with van der Waals surface area (Å²) in [5.41, 5.74) is 2.44. The zero-order chi connectivity index (χ0) is 11.5. The third kappa shape index (κ3) is 1.94. The summed E-state index contributed by atoms with van der Waals surface area (Å²) in [4.78, 5) is 9.39. The first-order chi connectivity index (χ1) is 7.72. The van der Waals surface area contributed by atoms with Gasteiger partial charge in [0.2, 0.25) is 0 Å². The summed E-state index contributed by atoms with van der Waals surface area (Å²) < 4.78 is 0. The first kappa shape index (κ1) is 10.8. The average molecular weight is 233 g/mol. The van der Waals surface area contributed by atoms with Crippen molar-refractivity contribution >= 4 is 17.0 Å². The summed E-state index contributed by atoms with van der Waals surface area (Å²) in [5, 5.41) is 12.8. The molecule has 0 amide bonds. The number of aryl methyl sites for hydroxylation is 1. The number of oxime groups is 1. The van der Waals surface area contributed by atoms with Gasteiger partial charge in [-0.05, 0) is 26.0 Å². The molecule has 0 bridgehead atoms. The van der Waals surface area contributed by atoms with Crippen LogP contribution in [0, 0.1) is 6.92 Å². The van der Waals surface area contributed by atoms with Crippen molar-refractivity contribution in [3.05, 3.63) is 35.1 Å². The number of aromatic nitrogens is 2. The van der Waals surface area contributed by atoms with Gasteiger partial charge >= 0.3 is 0 Å². The Morgan fingerprint density at radius 1 is 1.50 bits per heavy atom. The van der Waals surface area contributed by atoms with E-state index in [0.29, 0.717) is 5.71 Å². The third-order valence-corrected chi connectivity index (χ3v) is 3.50. The number of pyridine rings is 1. The highest BCUT2D eigenvalue weighted by Crippen LogP contribution is 2.27. The van der Waals surface area contributed by atoms with Gasteiger partial charge < -0.3 is 5.21 Å². The minimum Gasteiger partial charge on any atom is -0.411 e. The highest BCUT2D eigenvalue weighted by molar-refractivity contribution is 7.17. The van der Waals surface area contributed by atoms with Gasteiger partial charge in [-0.1, -0.05) is 5.16 Å². The van der Waals surface area contributed by atoms with Crippen LogP contribution in [0.25, 0.3) is 10.6 Å². The normalized spacial score (nSPS) is 11.8. The van der Waals surface area contributed by atoms with E-state index in [1.165, 1.54) is 11.3 Å². The summed E-state index contributed by atoms with van der Waals surface area (Å²) in [6.07, 6.45) is 3.50. The van der Waals surface area contributed by atoms with E-state index in [2.05, 4.69) is 15.1 Å². The first-order valence-corrected chi connectivity index (χ1v) is 5.61. The lowest BCUT2D eigenvalue weighted by atomic mass is 10.3. The number of hydrogen-bond donors (Lipinski definition) is 1. The van der Waals surface area contributed by atoms with Gasteiger partial charge in [-0.2, -0.15) is 0 Å². The van der Waals surface area contributed by atoms with E-state index in [1.54, 1.807) is 19.3 Å².